The number of Topliss-reactive ketones (excluding diaryl/α,β-unsaturated/α-hetero) is 1. The number of ether oxygens (including phenoxy) is 1. The Morgan fingerprint density at radius 2 is 2.00 bits per heavy atom. The van der Waals surface area contributed by atoms with Crippen molar-refractivity contribution in [3.05, 3.63) is 23.5 Å². The average Bonchev–Trinajstić information content (AvgIpc) is 2.18. The van der Waals surface area contributed by atoms with Gasteiger partial charge in [0.05, 0.1) is 12.0 Å². The lowest BCUT2D eigenvalue weighted by Crippen LogP contribution is -2.36. The van der Waals surface area contributed by atoms with E-state index in [0.29, 0.717) is 17.7 Å². The highest BCUT2D eigenvalue weighted by molar-refractivity contribution is 6.00. The van der Waals surface area contributed by atoms with Crippen molar-refractivity contribution in [2.45, 2.75) is 46.6 Å². The summed E-state index contributed by atoms with van der Waals surface area (Å²) in [7, 11) is 0. The molecule has 88 valence electrons. The summed E-state index contributed by atoms with van der Waals surface area (Å²) in [5.41, 5.74) is 1.09. The van der Waals surface area contributed by atoms with Crippen molar-refractivity contribution in [1.82, 2.24) is 4.98 Å². The van der Waals surface area contributed by atoms with Crippen LogP contribution in [0.4, 0.5) is 0 Å². The summed E-state index contributed by atoms with van der Waals surface area (Å²) in [5, 5.41) is 0. The molecule has 0 radical (unpaired) electrons. The van der Waals surface area contributed by atoms with E-state index in [9.17, 15) is 4.79 Å². The molecule has 0 spiro atoms. The van der Waals surface area contributed by atoms with Crippen LogP contribution in [0, 0.1) is 6.92 Å². The average molecular weight is 221 g/mol. The zero-order valence-electron chi connectivity index (χ0n) is 10.6. The normalized spacial score (nSPS) is 16.7. The molecule has 2 heterocycles. The van der Waals surface area contributed by atoms with Crippen LogP contribution in [0.5, 0.6) is 5.75 Å². The van der Waals surface area contributed by atoms with Crippen LogP contribution in [0.25, 0.3) is 0 Å². The topological polar surface area (TPSA) is 39.2 Å². The predicted molar refractivity (Wildman–Crippen MR) is 64.0 cm³/mol. The Labute approximate surface area is 96.8 Å². The highest BCUT2D eigenvalue weighted by Gasteiger charge is 2.32. The van der Waals surface area contributed by atoms with Crippen molar-refractivity contribution in [3.63, 3.8) is 0 Å². The molecule has 1 aliphatic rings. The van der Waals surface area contributed by atoms with Crippen LogP contribution in [0.15, 0.2) is 12.3 Å². The quantitative estimate of drug-likeness (QED) is 0.675. The molecule has 3 heteroatoms. The van der Waals surface area contributed by atoms with Gasteiger partial charge < -0.3 is 4.74 Å². The first-order valence-corrected chi connectivity index (χ1v) is 5.67. The lowest BCUT2D eigenvalue weighted by atomic mass is 9.94. The van der Waals surface area contributed by atoms with Crippen molar-refractivity contribution in [2.75, 3.05) is 0 Å². The van der Waals surface area contributed by atoms with E-state index in [0.717, 1.165) is 5.69 Å². The first kappa shape index (κ1) is 12.7. The molecule has 0 atom stereocenters. The van der Waals surface area contributed by atoms with Crippen molar-refractivity contribution in [2.24, 2.45) is 0 Å². The largest absolute Gasteiger partial charge is 0.487 e. The number of hydrogen-bond donors (Lipinski definition) is 0. The van der Waals surface area contributed by atoms with Crippen LogP contribution in [-0.2, 0) is 0 Å². The van der Waals surface area contributed by atoms with E-state index in [4.69, 9.17) is 4.74 Å². The van der Waals surface area contributed by atoms with Crippen LogP contribution in [0.1, 0.15) is 50.2 Å². The highest BCUT2D eigenvalue weighted by Crippen LogP contribution is 2.32. The number of aromatic nitrogens is 1. The Hall–Kier alpha value is -1.38. The predicted octanol–water partition coefficient (Wildman–Crippen LogP) is 3.16. The third-order valence-corrected chi connectivity index (χ3v) is 2.28. The summed E-state index contributed by atoms with van der Waals surface area (Å²) < 4.78 is 5.71. The van der Waals surface area contributed by atoms with E-state index in [1.807, 2.05) is 40.7 Å². The molecule has 0 aliphatic carbocycles. The SMILES string of the molecule is CC.Cc1cc2c(cn1)C(=O)CC(C)(C)O2. The summed E-state index contributed by atoms with van der Waals surface area (Å²) in [4.78, 5) is 15.8. The van der Waals surface area contributed by atoms with Gasteiger partial charge in [0.15, 0.2) is 5.78 Å². The molecule has 0 saturated carbocycles. The van der Waals surface area contributed by atoms with Crippen molar-refractivity contribution >= 4 is 5.78 Å². The molecule has 3 nitrogen and oxygen atoms in total. The minimum atomic E-state index is -0.391. The first-order chi connectivity index (χ1) is 7.48. The molecule has 1 aromatic rings. The summed E-state index contributed by atoms with van der Waals surface area (Å²) in [5.74, 6) is 0.780. The van der Waals surface area contributed by atoms with Gasteiger partial charge in [0.25, 0.3) is 0 Å². The van der Waals surface area contributed by atoms with Crippen LogP contribution in [0.3, 0.4) is 0 Å². The van der Waals surface area contributed by atoms with Crippen molar-refractivity contribution in [1.29, 1.82) is 0 Å². The van der Waals surface area contributed by atoms with E-state index < -0.39 is 5.60 Å². The molecule has 0 fully saturated rings. The van der Waals surface area contributed by atoms with Crippen LogP contribution in [0.2, 0.25) is 0 Å². The lowest BCUT2D eigenvalue weighted by molar-refractivity contribution is 0.0618. The summed E-state index contributed by atoms with van der Waals surface area (Å²) in [6.07, 6.45) is 2.02. The van der Waals surface area contributed by atoms with Gasteiger partial charge in [0, 0.05) is 18.0 Å². The molecule has 1 aliphatic heterocycles. The van der Waals surface area contributed by atoms with E-state index in [1.165, 1.54) is 0 Å². The van der Waals surface area contributed by atoms with E-state index >= 15 is 0 Å². The number of carbonyl (C=O) groups is 1. The van der Waals surface area contributed by atoms with E-state index in [2.05, 4.69) is 4.98 Å². The second kappa shape index (κ2) is 4.64. The molecular weight excluding hydrogens is 202 g/mol. The van der Waals surface area contributed by atoms with Gasteiger partial charge in [-0.2, -0.15) is 0 Å². The van der Waals surface area contributed by atoms with Gasteiger partial charge in [-0.25, -0.2) is 0 Å². The summed E-state index contributed by atoms with van der Waals surface area (Å²) in [6, 6.07) is 1.81. The monoisotopic (exact) mass is 221 g/mol. The number of fused-ring (bicyclic) bond motifs is 1. The third-order valence-electron chi connectivity index (χ3n) is 2.28. The van der Waals surface area contributed by atoms with Crippen molar-refractivity contribution < 1.29 is 9.53 Å². The standard InChI is InChI=1S/C11H13NO2.C2H6/c1-7-4-10-8(6-12-7)9(13)5-11(2,3)14-10;1-2/h4,6H,5H2,1-3H3;1-2H3. The zero-order chi connectivity index (χ0) is 12.3. The third kappa shape index (κ3) is 2.60. The molecular formula is C13H19NO2. The van der Waals surface area contributed by atoms with Gasteiger partial charge in [-0.3, -0.25) is 9.78 Å². The minimum Gasteiger partial charge on any atom is -0.487 e. The summed E-state index contributed by atoms with van der Waals surface area (Å²) >= 11 is 0. The van der Waals surface area contributed by atoms with Gasteiger partial charge in [-0.05, 0) is 20.8 Å². The molecule has 0 bridgehead atoms. The van der Waals surface area contributed by atoms with Gasteiger partial charge in [0.2, 0.25) is 0 Å². The Kier molecular flexibility index (Phi) is 3.68. The van der Waals surface area contributed by atoms with Crippen LogP contribution in [-0.4, -0.2) is 16.4 Å². The van der Waals surface area contributed by atoms with E-state index in [1.54, 1.807) is 6.20 Å². The molecule has 0 N–H and O–H groups in total. The second-order valence-electron chi connectivity index (χ2n) is 4.28. The zero-order valence-corrected chi connectivity index (χ0v) is 10.6. The van der Waals surface area contributed by atoms with E-state index in [-0.39, 0.29) is 5.78 Å². The number of nitrogens with zero attached hydrogens (tertiary/aromatic N) is 1. The smallest absolute Gasteiger partial charge is 0.172 e. The number of rotatable bonds is 0. The number of ketones is 1. The van der Waals surface area contributed by atoms with Gasteiger partial charge in [-0.1, -0.05) is 13.8 Å². The summed E-state index contributed by atoms with van der Waals surface area (Å²) in [6.45, 7) is 9.73. The number of pyridine rings is 1. The molecule has 2 rings (SSSR count). The Morgan fingerprint density at radius 3 is 2.62 bits per heavy atom. The Balaban J connectivity index is 0.000000606. The highest BCUT2D eigenvalue weighted by atomic mass is 16.5. The van der Waals surface area contributed by atoms with Crippen molar-refractivity contribution in [3.8, 4) is 5.75 Å². The minimum absolute atomic E-state index is 0.115. The molecule has 0 aromatic carbocycles. The second-order valence-corrected chi connectivity index (χ2v) is 4.28. The maximum atomic E-state index is 11.7. The number of carbonyl (C=O) groups excluding carboxylic acids is 1. The molecule has 0 unspecified atom stereocenters. The molecule has 0 amide bonds. The molecule has 1 aromatic heterocycles. The van der Waals surface area contributed by atoms with Gasteiger partial charge in [0.1, 0.15) is 11.4 Å². The maximum Gasteiger partial charge on any atom is 0.172 e. The van der Waals surface area contributed by atoms with Crippen LogP contribution >= 0.6 is 0 Å². The number of aryl methyl sites for hydroxylation is 1. The number of hydrogen-bond acceptors (Lipinski definition) is 3. The van der Waals surface area contributed by atoms with Gasteiger partial charge in [-0.15, -0.1) is 0 Å². The fourth-order valence-electron chi connectivity index (χ4n) is 1.64. The fraction of sp³-hybridized carbons (Fsp3) is 0.538. The van der Waals surface area contributed by atoms with Crippen LogP contribution < -0.4 is 4.74 Å². The Bertz CT molecular complexity index is 397. The van der Waals surface area contributed by atoms with Gasteiger partial charge >= 0.3 is 0 Å². The Morgan fingerprint density at radius 1 is 1.38 bits per heavy atom. The maximum absolute atomic E-state index is 11.7. The molecule has 0 saturated heterocycles. The fourth-order valence-corrected chi connectivity index (χ4v) is 1.64. The lowest BCUT2D eigenvalue weighted by Gasteiger charge is -2.31. The first-order valence-electron chi connectivity index (χ1n) is 5.67. The molecule has 16 heavy (non-hydrogen) atoms.